The van der Waals surface area contributed by atoms with Gasteiger partial charge in [-0.3, -0.25) is 4.79 Å². The van der Waals surface area contributed by atoms with Crippen molar-refractivity contribution in [2.75, 3.05) is 6.54 Å². The van der Waals surface area contributed by atoms with Crippen molar-refractivity contribution in [3.05, 3.63) is 47.7 Å². The van der Waals surface area contributed by atoms with Gasteiger partial charge in [-0.2, -0.15) is 13.2 Å². The maximum Gasteiger partial charge on any atom is 0.451 e. The summed E-state index contributed by atoms with van der Waals surface area (Å²) < 4.78 is 39.7. The summed E-state index contributed by atoms with van der Waals surface area (Å²) in [4.78, 5) is 17.2. The molecule has 0 radical (unpaired) electrons. The molecule has 3 heterocycles. The molecule has 3 N–H and O–H groups in total. The third kappa shape index (κ3) is 3.47. The van der Waals surface area contributed by atoms with Gasteiger partial charge < -0.3 is 20.2 Å². The third-order valence-electron chi connectivity index (χ3n) is 4.95. The molecule has 2 aromatic heterocycles. The molecule has 1 amide bonds. The fourth-order valence-electron chi connectivity index (χ4n) is 3.59. The standard InChI is InChI=1S/C18H19F3N6O/c19-18(20,21)17-25-24-15-10-26(5-6-27(15)17)16(28)8-12(22)7-11-9-23-14-4-2-1-3-13(11)14/h1-4,9,12,23H,5-8,10,22H2. The quantitative estimate of drug-likeness (QED) is 0.711. The number of nitrogens with zero attached hydrogens (tertiary/aromatic N) is 4. The van der Waals surface area contributed by atoms with E-state index in [0.717, 1.165) is 21.0 Å². The number of fused-ring (bicyclic) bond motifs is 2. The van der Waals surface area contributed by atoms with Gasteiger partial charge in [0.1, 0.15) is 0 Å². The molecule has 0 fully saturated rings. The van der Waals surface area contributed by atoms with Crippen LogP contribution in [0, 0.1) is 0 Å². The van der Waals surface area contributed by atoms with E-state index in [2.05, 4.69) is 15.2 Å². The smallest absolute Gasteiger partial charge is 0.361 e. The first-order valence-electron chi connectivity index (χ1n) is 8.90. The second kappa shape index (κ2) is 6.93. The fraction of sp³-hybridized carbons (Fsp3) is 0.389. The molecule has 0 saturated heterocycles. The van der Waals surface area contributed by atoms with Crippen molar-refractivity contribution in [2.24, 2.45) is 5.73 Å². The minimum absolute atomic E-state index is 0.00171. The van der Waals surface area contributed by atoms with Gasteiger partial charge in [0.05, 0.1) is 6.54 Å². The van der Waals surface area contributed by atoms with Gasteiger partial charge >= 0.3 is 6.18 Å². The van der Waals surface area contributed by atoms with E-state index >= 15 is 0 Å². The highest BCUT2D eigenvalue weighted by Gasteiger charge is 2.39. The number of hydrogen-bond donors (Lipinski definition) is 2. The number of amides is 1. The first-order valence-corrected chi connectivity index (χ1v) is 8.90. The third-order valence-corrected chi connectivity index (χ3v) is 4.95. The predicted octanol–water partition coefficient (Wildman–Crippen LogP) is 2.08. The lowest BCUT2D eigenvalue weighted by Crippen LogP contribution is -2.42. The number of H-pyrrole nitrogens is 1. The lowest BCUT2D eigenvalue weighted by molar-refractivity contribution is -0.148. The van der Waals surface area contributed by atoms with Crippen LogP contribution in [0.25, 0.3) is 10.9 Å². The van der Waals surface area contributed by atoms with Crippen molar-refractivity contribution in [3.63, 3.8) is 0 Å². The number of benzene rings is 1. The average Bonchev–Trinajstić information content (AvgIpc) is 3.25. The van der Waals surface area contributed by atoms with Crippen LogP contribution in [0.15, 0.2) is 30.5 Å². The highest BCUT2D eigenvalue weighted by molar-refractivity contribution is 5.83. The summed E-state index contributed by atoms with van der Waals surface area (Å²) in [6, 6.07) is 7.44. The van der Waals surface area contributed by atoms with Crippen LogP contribution in [0.4, 0.5) is 13.2 Å². The maximum atomic E-state index is 12.9. The Balaban J connectivity index is 1.39. The molecule has 7 nitrogen and oxygen atoms in total. The van der Waals surface area contributed by atoms with Crippen LogP contribution in [0.2, 0.25) is 0 Å². The fourth-order valence-corrected chi connectivity index (χ4v) is 3.59. The Morgan fingerprint density at radius 3 is 2.82 bits per heavy atom. The van der Waals surface area contributed by atoms with Gasteiger partial charge in [0, 0.05) is 42.7 Å². The minimum atomic E-state index is -4.56. The second-order valence-electron chi connectivity index (χ2n) is 6.93. The largest absolute Gasteiger partial charge is 0.451 e. The van der Waals surface area contributed by atoms with Crippen LogP contribution < -0.4 is 5.73 Å². The van der Waals surface area contributed by atoms with Crippen molar-refractivity contribution < 1.29 is 18.0 Å². The molecule has 10 heteroatoms. The number of alkyl halides is 3. The Morgan fingerprint density at radius 1 is 1.25 bits per heavy atom. The van der Waals surface area contributed by atoms with Gasteiger partial charge in [-0.05, 0) is 18.1 Å². The van der Waals surface area contributed by atoms with Crippen LogP contribution >= 0.6 is 0 Å². The van der Waals surface area contributed by atoms with E-state index < -0.39 is 18.0 Å². The van der Waals surface area contributed by atoms with Crippen molar-refractivity contribution in [3.8, 4) is 0 Å². The van der Waals surface area contributed by atoms with E-state index in [-0.39, 0.29) is 37.8 Å². The van der Waals surface area contributed by atoms with E-state index in [1.165, 1.54) is 4.90 Å². The van der Waals surface area contributed by atoms with Crippen molar-refractivity contribution in [1.82, 2.24) is 24.6 Å². The lowest BCUT2D eigenvalue weighted by Gasteiger charge is -2.29. The number of aromatic nitrogens is 4. The summed E-state index contributed by atoms with van der Waals surface area (Å²) in [5.41, 5.74) is 8.21. The highest BCUT2D eigenvalue weighted by Crippen LogP contribution is 2.29. The zero-order valence-electron chi connectivity index (χ0n) is 14.9. The summed E-state index contributed by atoms with van der Waals surface area (Å²) in [6.07, 6.45) is -2.03. The first kappa shape index (κ1) is 18.5. The zero-order valence-corrected chi connectivity index (χ0v) is 14.9. The van der Waals surface area contributed by atoms with Crippen molar-refractivity contribution in [2.45, 2.75) is 38.1 Å². The monoisotopic (exact) mass is 392 g/mol. The number of para-hydroxylation sites is 1. The molecular formula is C18H19F3N6O. The number of hydrogen-bond acceptors (Lipinski definition) is 4. The second-order valence-corrected chi connectivity index (χ2v) is 6.93. The molecular weight excluding hydrogens is 373 g/mol. The molecule has 1 atom stereocenters. The predicted molar refractivity (Wildman–Crippen MR) is 95.0 cm³/mol. The Morgan fingerprint density at radius 2 is 2.04 bits per heavy atom. The Labute approximate surface area is 158 Å². The first-order chi connectivity index (χ1) is 13.3. The summed E-state index contributed by atoms with van der Waals surface area (Å²) in [7, 11) is 0. The molecule has 1 aliphatic heterocycles. The number of aromatic amines is 1. The van der Waals surface area contributed by atoms with Crippen molar-refractivity contribution >= 4 is 16.8 Å². The molecule has 1 aliphatic rings. The van der Waals surface area contributed by atoms with Crippen molar-refractivity contribution in [1.29, 1.82) is 0 Å². The Bertz CT molecular complexity index is 1010. The summed E-state index contributed by atoms with van der Waals surface area (Å²) in [6.45, 7) is 0.190. The molecule has 3 aromatic rings. The molecule has 0 bridgehead atoms. The van der Waals surface area contributed by atoms with E-state index in [1.54, 1.807) is 0 Å². The van der Waals surface area contributed by atoms with Crippen LogP contribution in [-0.2, 0) is 30.5 Å². The van der Waals surface area contributed by atoms with Gasteiger partial charge in [-0.15, -0.1) is 10.2 Å². The normalized spacial score (nSPS) is 15.6. The van der Waals surface area contributed by atoms with Crippen LogP contribution in [-0.4, -0.2) is 43.1 Å². The Kier molecular flexibility index (Phi) is 4.58. The molecule has 0 aliphatic carbocycles. The van der Waals surface area contributed by atoms with Crippen LogP contribution in [0.3, 0.4) is 0 Å². The summed E-state index contributed by atoms with van der Waals surface area (Å²) in [5, 5.41) is 7.88. The highest BCUT2D eigenvalue weighted by atomic mass is 19.4. The summed E-state index contributed by atoms with van der Waals surface area (Å²) >= 11 is 0. The number of rotatable bonds is 4. The van der Waals surface area contributed by atoms with Gasteiger partial charge in [0.15, 0.2) is 5.82 Å². The zero-order chi connectivity index (χ0) is 19.9. The topological polar surface area (TPSA) is 92.8 Å². The lowest BCUT2D eigenvalue weighted by atomic mass is 10.0. The van der Waals surface area contributed by atoms with Crippen LogP contribution in [0.5, 0.6) is 0 Å². The van der Waals surface area contributed by atoms with E-state index in [0.29, 0.717) is 6.42 Å². The SMILES string of the molecule is NC(CC(=O)N1CCn2c(nnc2C(F)(F)F)C1)Cc1c[nH]c2ccccc12. The van der Waals surface area contributed by atoms with E-state index in [1.807, 2.05) is 30.5 Å². The van der Waals surface area contributed by atoms with E-state index in [9.17, 15) is 18.0 Å². The minimum Gasteiger partial charge on any atom is -0.361 e. The number of carbonyl (C=O) groups is 1. The number of carbonyl (C=O) groups excluding carboxylic acids is 1. The number of nitrogens with one attached hydrogen (secondary N) is 1. The summed E-state index contributed by atoms with van der Waals surface area (Å²) in [5.74, 6) is -1.09. The number of nitrogens with two attached hydrogens (primary N) is 1. The maximum absolute atomic E-state index is 12.9. The van der Waals surface area contributed by atoms with Crippen LogP contribution in [0.1, 0.15) is 23.6 Å². The van der Waals surface area contributed by atoms with Gasteiger partial charge in [0.2, 0.25) is 11.7 Å². The number of halogens is 3. The van der Waals surface area contributed by atoms with Gasteiger partial charge in [-0.25, -0.2) is 0 Å². The van der Waals surface area contributed by atoms with Gasteiger partial charge in [0.25, 0.3) is 0 Å². The molecule has 1 unspecified atom stereocenters. The molecule has 28 heavy (non-hydrogen) atoms. The molecule has 0 saturated carbocycles. The van der Waals surface area contributed by atoms with E-state index in [4.69, 9.17) is 5.73 Å². The molecule has 4 rings (SSSR count). The average molecular weight is 392 g/mol. The van der Waals surface area contributed by atoms with Gasteiger partial charge in [-0.1, -0.05) is 18.2 Å². The molecule has 1 aromatic carbocycles. The Hall–Kier alpha value is -2.88. The molecule has 148 valence electrons. The molecule has 0 spiro atoms.